The van der Waals surface area contributed by atoms with Gasteiger partial charge in [0.15, 0.2) is 0 Å². The molecule has 0 bridgehead atoms. The van der Waals surface area contributed by atoms with Crippen molar-refractivity contribution in [3.8, 4) is 0 Å². The number of hydrogen-bond donors (Lipinski definition) is 1. The van der Waals surface area contributed by atoms with E-state index in [0.717, 1.165) is 18.7 Å². The Balaban J connectivity index is 1.86. The van der Waals surface area contributed by atoms with Gasteiger partial charge in [-0.25, -0.2) is 0 Å². The fraction of sp³-hybridized carbons (Fsp3) is 0.588. The van der Waals surface area contributed by atoms with Crippen LogP contribution in [0.1, 0.15) is 31.9 Å². The summed E-state index contributed by atoms with van der Waals surface area (Å²) in [5.41, 5.74) is 2.36. The van der Waals surface area contributed by atoms with Crippen molar-refractivity contribution < 1.29 is 9.53 Å². The number of hydrogen-bond acceptors (Lipinski definition) is 3. The summed E-state index contributed by atoms with van der Waals surface area (Å²) in [6, 6.07) is 8.12. The van der Waals surface area contributed by atoms with Crippen molar-refractivity contribution in [1.82, 2.24) is 10.2 Å². The fourth-order valence-corrected chi connectivity index (χ4v) is 2.74. The summed E-state index contributed by atoms with van der Waals surface area (Å²) in [5, 5.41) is 3.02. The van der Waals surface area contributed by atoms with Crippen LogP contribution in [-0.4, -0.2) is 42.1 Å². The molecule has 21 heavy (non-hydrogen) atoms. The van der Waals surface area contributed by atoms with Crippen LogP contribution in [0.3, 0.4) is 0 Å². The van der Waals surface area contributed by atoms with Gasteiger partial charge in [-0.15, -0.1) is 0 Å². The van der Waals surface area contributed by atoms with Gasteiger partial charge in [-0.05, 0) is 33.3 Å². The Hall–Kier alpha value is -1.39. The molecule has 1 N–H and O–H groups in total. The van der Waals surface area contributed by atoms with E-state index in [-0.39, 0.29) is 24.2 Å². The van der Waals surface area contributed by atoms with Gasteiger partial charge in [0.2, 0.25) is 5.91 Å². The normalized spacial score (nSPS) is 24.6. The van der Waals surface area contributed by atoms with Gasteiger partial charge >= 0.3 is 0 Å². The Labute approximate surface area is 127 Å². The summed E-state index contributed by atoms with van der Waals surface area (Å²) >= 11 is 0. The SMILES string of the molecule is Cc1ccc(CNC(=O)[C@H](C)N2C[C@@H](C)O[C@H](C)C2)cc1. The number of carbonyl (C=O) groups excluding carboxylic acids is 1. The number of ether oxygens (including phenoxy) is 1. The monoisotopic (exact) mass is 290 g/mol. The Kier molecular flexibility index (Phi) is 5.37. The zero-order chi connectivity index (χ0) is 15.4. The fourth-order valence-electron chi connectivity index (χ4n) is 2.74. The molecule has 2 rings (SSSR count). The van der Waals surface area contributed by atoms with Crippen LogP contribution in [0.5, 0.6) is 0 Å². The van der Waals surface area contributed by atoms with Crippen molar-refractivity contribution in [3.05, 3.63) is 35.4 Å². The molecular formula is C17H26N2O2. The third kappa shape index (κ3) is 4.55. The average molecular weight is 290 g/mol. The highest BCUT2D eigenvalue weighted by molar-refractivity contribution is 5.81. The van der Waals surface area contributed by atoms with Crippen molar-refractivity contribution in [2.75, 3.05) is 13.1 Å². The zero-order valence-corrected chi connectivity index (χ0v) is 13.4. The van der Waals surface area contributed by atoms with Crippen LogP contribution in [0.15, 0.2) is 24.3 Å². The lowest BCUT2D eigenvalue weighted by atomic mass is 10.1. The molecule has 1 amide bonds. The highest BCUT2D eigenvalue weighted by atomic mass is 16.5. The van der Waals surface area contributed by atoms with Crippen molar-refractivity contribution in [1.29, 1.82) is 0 Å². The quantitative estimate of drug-likeness (QED) is 0.923. The second kappa shape index (κ2) is 7.05. The van der Waals surface area contributed by atoms with Gasteiger partial charge in [0.05, 0.1) is 18.2 Å². The summed E-state index contributed by atoms with van der Waals surface area (Å²) in [5.74, 6) is 0.0804. The van der Waals surface area contributed by atoms with Crippen LogP contribution in [0.2, 0.25) is 0 Å². The summed E-state index contributed by atoms with van der Waals surface area (Å²) in [6.45, 7) is 10.3. The van der Waals surface area contributed by atoms with Crippen LogP contribution in [0, 0.1) is 6.92 Å². The van der Waals surface area contributed by atoms with E-state index in [4.69, 9.17) is 4.74 Å². The van der Waals surface area contributed by atoms with Gasteiger partial charge in [-0.2, -0.15) is 0 Å². The molecule has 1 aromatic rings. The number of aryl methyl sites for hydroxylation is 1. The van der Waals surface area contributed by atoms with E-state index in [9.17, 15) is 4.79 Å². The van der Waals surface area contributed by atoms with Crippen LogP contribution < -0.4 is 5.32 Å². The number of amides is 1. The molecule has 1 aliphatic heterocycles. The van der Waals surface area contributed by atoms with Crippen molar-refractivity contribution in [2.24, 2.45) is 0 Å². The largest absolute Gasteiger partial charge is 0.373 e. The maximum Gasteiger partial charge on any atom is 0.237 e. The van der Waals surface area contributed by atoms with Gasteiger partial charge in [-0.3, -0.25) is 9.69 Å². The highest BCUT2D eigenvalue weighted by Crippen LogP contribution is 2.13. The second-order valence-corrected chi connectivity index (χ2v) is 6.09. The molecule has 0 aromatic heterocycles. The first-order chi connectivity index (χ1) is 9.95. The van der Waals surface area contributed by atoms with Crippen molar-refractivity contribution in [3.63, 3.8) is 0 Å². The Morgan fingerprint density at radius 2 is 1.86 bits per heavy atom. The summed E-state index contributed by atoms with van der Waals surface area (Å²) < 4.78 is 5.71. The zero-order valence-electron chi connectivity index (χ0n) is 13.4. The molecule has 1 fully saturated rings. The lowest BCUT2D eigenvalue weighted by Crippen LogP contribution is -2.53. The predicted octanol–water partition coefficient (Wildman–Crippen LogP) is 2.11. The van der Waals surface area contributed by atoms with Crippen molar-refractivity contribution >= 4 is 5.91 Å². The molecule has 3 atom stereocenters. The summed E-state index contributed by atoms with van der Waals surface area (Å²) in [7, 11) is 0. The molecule has 1 saturated heterocycles. The van der Waals surface area contributed by atoms with Gasteiger partial charge in [-0.1, -0.05) is 29.8 Å². The first-order valence-electron chi connectivity index (χ1n) is 7.68. The van der Waals surface area contributed by atoms with Gasteiger partial charge < -0.3 is 10.1 Å². The van der Waals surface area contributed by atoms with Gasteiger partial charge in [0.25, 0.3) is 0 Å². The second-order valence-electron chi connectivity index (χ2n) is 6.09. The molecule has 1 aliphatic rings. The Bertz CT molecular complexity index is 462. The third-order valence-electron chi connectivity index (χ3n) is 3.96. The molecule has 4 heteroatoms. The maximum absolute atomic E-state index is 12.3. The Morgan fingerprint density at radius 3 is 2.43 bits per heavy atom. The lowest BCUT2D eigenvalue weighted by molar-refractivity contribution is -0.131. The molecule has 0 unspecified atom stereocenters. The molecule has 0 aliphatic carbocycles. The minimum absolute atomic E-state index is 0.0804. The minimum atomic E-state index is -0.121. The van der Waals surface area contributed by atoms with Crippen molar-refractivity contribution in [2.45, 2.75) is 52.5 Å². The van der Waals surface area contributed by atoms with E-state index in [1.54, 1.807) is 0 Å². The lowest BCUT2D eigenvalue weighted by Gasteiger charge is -2.38. The molecule has 0 spiro atoms. The number of nitrogens with zero attached hydrogens (tertiary/aromatic N) is 1. The minimum Gasteiger partial charge on any atom is -0.373 e. The van der Waals surface area contributed by atoms with E-state index in [1.165, 1.54) is 5.56 Å². The molecule has 4 nitrogen and oxygen atoms in total. The van der Waals surface area contributed by atoms with Crippen LogP contribution in [-0.2, 0) is 16.1 Å². The van der Waals surface area contributed by atoms with E-state index in [0.29, 0.717) is 6.54 Å². The summed E-state index contributed by atoms with van der Waals surface area (Å²) in [4.78, 5) is 14.5. The molecule has 0 saturated carbocycles. The van der Waals surface area contributed by atoms with Gasteiger partial charge in [0.1, 0.15) is 0 Å². The molecule has 0 radical (unpaired) electrons. The van der Waals surface area contributed by atoms with E-state index >= 15 is 0 Å². The van der Waals surface area contributed by atoms with E-state index in [2.05, 4.69) is 55.3 Å². The molecular weight excluding hydrogens is 264 g/mol. The Morgan fingerprint density at radius 1 is 1.29 bits per heavy atom. The van der Waals surface area contributed by atoms with E-state index < -0.39 is 0 Å². The standard InChI is InChI=1S/C17H26N2O2/c1-12-5-7-16(8-6-12)9-18-17(20)15(4)19-10-13(2)21-14(3)11-19/h5-8,13-15H,9-11H2,1-4H3,(H,18,20)/t13-,14-,15+/m1/s1. The van der Waals surface area contributed by atoms with Crippen LogP contribution in [0.4, 0.5) is 0 Å². The highest BCUT2D eigenvalue weighted by Gasteiger charge is 2.28. The number of carbonyl (C=O) groups is 1. The third-order valence-corrected chi connectivity index (χ3v) is 3.96. The first kappa shape index (κ1) is 16.0. The molecule has 1 aromatic carbocycles. The predicted molar refractivity (Wildman–Crippen MR) is 84.1 cm³/mol. The van der Waals surface area contributed by atoms with Crippen LogP contribution >= 0.6 is 0 Å². The first-order valence-corrected chi connectivity index (χ1v) is 7.68. The number of morpholine rings is 1. The number of rotatable bonds is 4. The molecule has 116 valence electrons. The average Bonchev–Trinajstić information content (AvgIpc) is 2.44. The smallest absolute Gasteiger partial charge is 0.237 e. The number of benzene rings is 1. The number of nitrogens with one attached hydrogen (secondary N) is 1. The molecule has 1 heterocycles. The summed E-state index contributed by atoms with van der Waals surface area (Å²) in [6.07, 6.45) is 0.363. The maximum atomic E-state index is 12.3. The topological polar surface area (TPSA) is 41.6 Å². The van der Waals surface area contributed by atoms with Gasteiger partial charge in [0, 0.05) is 19.6 Å². The van der Waals surface area contributed by atoms with Crippen LogP contribution in [0.25, 0.3) is 0 Å². The van der Waals surface area contributed by atoms with E-state index in [1.807, 2.05) is 6.92 Å².